The summed E-state index contributed by atoms with van der Waals surface area (Å²) in [6.07, 6.45) is 1.69. The van der Waals surface area contributed by atoms with Crippen LogP contribution in [0, 0.1) is 0 Å². The highest BCUT2D eigenvalue weighted by Crippen LogP contribution is 2.17. The molecule has 2 heterocycles. The first kappa shape index (κ1) is 15.5. The molecule has 2 N–H and O–H groups in total. The molecule has 0 radical (unpaired) electrons. The number of rotatable bonds is 7. The SMILES string of the molecule is CCn1cc(N)c(C(=O)N(CCOC)Cc2cccs2)n1. The number of amides is 1. The Bertz CT molecular complexity index is 580. The number of anilines is 1. The molecule has 0 fully saturated rings. The molecule has 0 aliphatic heterocycles. The zero-order valence-corrected chi connectivity index (χ0v) is 13.1. The quantitative estimate of drug-likeness (QED) is 0.847. The first-order chi connectivity index (χ1) is 10.2. The average Bonchev–Trinajstić information content (AvgIpc) is 3.11. The van der Waals surface area contributed by atoms with Crippen molar-refractivity contribution in [2.75, 3.05) is 26.0 Å². The lowest BCUT2D eigenvalue weighted by Crippen LogP contribution is -2.34. The highest BCUT2D eigenvalue weighted by molar-refractivity contribution is 7.09. The normalized spacial score (nSPS) is 10.8. The van der Waals surface area contributed by atoms with Gasteiger partial charge in [0.15, 0.2) is 5.69 Å². The Morgan fingerprint density at radius 1 is 1.57 bits per heavy atom. The third-order valence-electron chi connectivity index (χ3n) is 3.10. The number of nitrogen functional groups attached to an aromatic ring is 1. The molecular weight excluding hydrogens is 288 g/mol. The highest BCUT2D eigenvalue weighted by Gasteiger charge is 2.21. The van der Waals surface area contributed by atoms with Crippen molar-refractivity contribution in [1.82, 2.24) is 14.7 Å². The van der Waals surface area contributed by atoms with Crippen molar-refractivity contribution in [2.45, 2.75) is 20.0 Å². The summed E-state index contributed by atoms with van der Waals surface area (Å²) in [5.74, 6) is -0.162. The zero-order chi connectivity index (χ0) is 15.2. The Morgan fingerprint density at radius 2 is 2.38 bits per heavy atom. The summed E-state index contributed by atoms with van der Waals surface area (Å²) in [4.78, 5) is 15.5. The smallest absolute Gasteiger partial charge is 0.276 e. The molecular formula is C14H20N4O2S. The van der Waals surface area contributed by atoms with Crippen molar-refractivity contribution in [3.63, 3.8) is 0 Å². The third-order valence-corrected chi connectivity index (χ3v) is 3.96. The number of nitrogens with two attached hydrogens (primary N) is 1. The molecule has 0 aliphatic carbocycles. The van der Waals surface area contributed by atoms with E-state index in [0.717, 1.165) is 4.88 Å². The van der Waals surface area contributed by atoms with Gasteiger partial charge in [-0.25, -0.2) is 0 Å². The molecule has 0 saturated carbocycles. The van der Waals surface area contributed by atoms with Crippen LogP contribution in [0.3, 0.4) is 0 Å². The van der Waals surface area contributed by atoms with Crippen molar-refractivity contribution < 1.29 is 9.53 Å². The first-order valence-electron chi connectivity index (χ1n) is 6.79. The summed E-state index contributed by atoms with van der Waals surface area (Å²) in [7, 11) is 1.62. The van der Waals surface area contributed by atoms with Crippen LogP contribution < -0.4 is 5.73 Å². The third kappa shape index (κ3) is 3.83. The Morgan fingerprint density at radius 3 is 2.95 bits per heavy atom. The van der Waals surface area contributed by atoms with Crippen molar-refractivity contribution in [3.8, 4) is 0 Å². The van der Waals surface area contributed by atoms with Gasteiger partial charge >= 0.3 is 0 Å². The van der Waals surface area contributed by atoms with E-state index >= 15 is 0 Å². The lowest BCUT2D eigenvalue weighted by atomic mass is 10.3. The fourth-order valence-electron chi connectivity index (χ4n) is 1.96. The molecule has 21 heavy (non-hydrogen) atoms. The lowest BCUT2D eigenvalue weighted by Gasteiger charge is -2.21. The molecule has 2 aromatic rings. The number of nitrogens with zero attached hydrogens (tertiary/aromatic N) is 3. The Kier molecular flexibility index (Phi) is 5.35. The van der Waals surface area contributed by atoms with Gasteiger partial charge in [0.25, 0.3) is 5.91 Å². The number of carbonyl (C=O) groups excluding carboxylic acids is 1. The fourth-order valence-corrected chi connectivity index (χ4v) is 2.68. The minimum atomic E-state index is -0.162. The van der Waals surface area contributed by atoms with Gasteiger partial charge in [-0.3, -0.25) is 9.48 Å². The number of ether oxygens (including phenoxy) is 1. The average molecular weight is 308 g/mol. The highest BCUT2D eigenvalue weighted by atomic mass is 32.1. The largest absolute Gasteiger partial charge is 0.396 e. The maximum absolute atomic E-state index is 12.6. The fraction of sp³-hybridized carbons (Fsp3) is 0.429. The van der Waals surface area contributed by atoms with Gasteiger partial charge in [0, 0.05) is 31.3 Å². The molecule has 0 unspecified atom stereocenters. The predicted molar refractivity (Wildman–Crippen MR) is 83.2 cm³/mol. The van der Waals surface area contributed by atoms with E-state index in [2.05, 4.69) is 5.10 Å². The minimum absolute atomic E-state index is 0.162. The van der Waals surface area contributed by atoms with Crippen LogP contribution in [0.15, 0.2) is 23.7 Å². The van der Waals surface area contributed by atoms with Crippen LogP contribution in [-0.2, 0) is 17.8 Å². The van der Waals surface area contributed by atoms with Crippen LogP contribution in [0.5, 0.6) is 0 Å². The van der Waals surface area contributed by atoms with E-state index in [1.54, 1.807) is 34.2 Å². The Hall–Kier alpha value is -1.86. The topological polar surface area (TPSA) is 73.4 Å². The summed E-state index contributed by atoms with van der Waals surface area (Å²) in [5.41, 5.74) is 6.62. The Labute approximate surface area is 128 Å². The molecule has 7 heteroatoms. The van der Waals surface area contributed by atoms with Gasteiger partial charge in [0.2, 0.25) is 0 Å². The second-order valence-corrected chi connectivity index (χ2v) is 5.62. The van der Waals surface area contributed by atoms with Crippen LogP contribution in [0.25, 0.3) is 0 Å². The molecule has 2 aromatic heterocycles. The first-order valence-corrected chi connectivity index (χ1v) is 7.67. The summed E-state index contributed by atoms with van der Waals surface area (Å²) in [6.45, 7) is 4.16. The van der Waals surface area contributed by atoms with E-state index < -0.39 is 0 Å². The number of aromatic nitrogens is 2. The number of hydrogen-bond acceptors (Lipinski definition) is 5. The van der Waals surface area contributed by atoms with Crippen molar-refractivity contribution in [3.05, 3.63) is 34.3 Å². The van der Waals surface area contributed by atoms with E-state index in [1.165, 1.54) is 0 Å². The summed E-state index contributed by atoms with van der Waals surface area (Å²) >= 11 is 1.62. The standard InChI is InChI=1S/C14H20N4O2S/c1-3-18-10-12(15)13(16-18)14(19)17(6-7-20-2)9-11-5-4-8-21-11/h4-5,8,10H,3,6-7,9,15H2,1-2H3. The van der Waals surface area contributed by atoms with Gasteiger partial charge in [0.05, 0.1) is 18.8 Å². The summed E-state index contributed by atoms with van der Waals surface area (Å²) < 4.78 is 6.76. The van der Waals surface area contributed by atoms with Crippen LogP contribution in [0.2, 0.25) is 0 Å². The summed E-state index contributed by atoms with van der Waals surface area (Å²) in [5, 5.41) is 6.24. The Balaban J connectivity index is 2.17. The van der Waals surface area contributed by atoms with E-state index in [9.17, 15) is 4.79 Å². The van der Waals surface area contributed by atoms with Gasteiger partial charge in [-0.05, 0) is 18.4 Å². The molecule has 0 bridgehead atoms. The van der Waals surface area contributed by atoms with Crippen molar-refractivity contribution in [2.24, 2.45) is 0 Å². The second-order valence-electron chi connectivity index (χ2n) is 4.59. The van der Waals surface area contributed by atoms with Gasteiger partial charge in [-0.15, -0.1) is 11.3 Å². The lowest BCUT2D eigenvalue weighted by molar-refractivity contribution is 0.0676. The van der Waals surface area contributed by atoms with E-state index in [1.807, 2.05) is 24.4 Å². The van der Waals surface area contributed by atoms with Crippen LogP contribution in [0.1, 0.15) is 22.3 Å². The maximum atomic E-state index is 12.6. The van der Waals surface area contributed by atoms with Gasteiger partial charge < -0.3 is 15.4 Å². The van der Waals surface area contributed by atoms with Crippen molar-refractivity contribution in [1.29, 1.82) is 0 Å². The van der Waals surface area contributed by atoms with E-state index in [4.69, 9.17) is 10.5 Å². The number of thiophene rings is 1. The van der Waals surface area contributed by atoms with Crippen LogP contribution in [-0.4, -0.2) is 40.8 Å². The second kappa shape index (κ2) is 7.24. The zero-order valence-electron chi connectivity index (χ0n) is 12.3. The van der Waals surface area contributed by atoms with Gasteiger partial charge in [-0.2, -0.15) is 5.10 Å². The van der Waals surface area contributed by atoms with Crippen LogP contribution in [0.4, 0.5) is 5.69 Å². The van der Waals surface area contributed by atoms with Crippen molar-refractivity contribution >= 4 is 22.9 Å². The molecule has 0 spiro atoms. The molecule has 0 aliphatic rings. The molecule has 0 saturated heterocycles. The molecule has 114 valence electrons. The number of methoxy groups -OCH3 is 1. The number of aryl methyl sites for hydroxylation is 1. The molecule has 0 atom stereocenters. The molecule has 2 rings (SSSR count). The monoisotopic (exact) mass is 308 g/mol. The molecule has 0 aromatic carbocycles. The van der Waals surface area contributed by atoms with Gasteiger partial charge in [0.1, 0.15) is 0 Å². The summed E-state index contributed by atoms with van der Waals surface area (Å²) in [6, 6.07) is 3.98. The molecule has 6 nitrogen and oxygen atoms in total. The van der Waals surface area contributed by atoms with E-state index in [0.29, 0.717) is 37.6 Å². The van der Waals surface area contributed by atoms with E-state index in [-0.39, 0.29) is 5.91 Å². The van der Waals surface area contributed by atoms with Gasteiger partial charge in [-0.1, -0.05) is 6.07 Å². The minimum Gasteiger partial charge on any atom is -0.396 e. The molecule has 1 amide bonds. The predicted octanol–water partition coefficient (Wildman–Crippen LogP) is 1.84. The van der Waals surface area contributed by atoms with Crippen LogP contribution >= 0.6 is 11.3 Å². The number of carbonyl (C=O) groups is 1. The number of hydrogen-bond donors (Lipinski definition) is 1. The maximum Gasteiger partial charge on any atom is 0.276 e.